The summed E-state index contributed by atoms with van der Waals surface area (Å²) in [6.45, 7) is 4.88. The highest BCUT2D eigenvalue weighted by molar-refractivity contribution is 5.97. The summed E-state index contributed by atoms with van der Waals surface area (Å²) in [5.41, 5.74) is 0.555. The van der Waals surface area contributed by atoms with Gasteiger partial charge in [0.25, 0.3) is 0 Å². The van der Waals surface area contributed by atoms with E-state index in [-0.39, 0.29) is 23.2 Å². The van der Waals surface area contributed by atoms with Gasteiger partial charge in [-0.05, 0) is 98.2 Å². The first-order valence-corrected chi connectivity index (χ1v) is 10.1. The number of aliphatic hydroxyl groups is 1. The second kappa shape index (κ2) is 5.60. The van der Waals surface area contributed by atoms with Crippen LogP contribution in [0.15, 0.2) is 0 Å². The van der Waals surface area contributed by atoms with Crippen molar-refractivity contribution in [3.8, 4) is 12.3 Å². The van der Waals surface area contributed by atoms with Crippen LogP contribution in [0.5, 0.6) is 0 Å². The number of ketones is 1. The molecule has 4 saturated carbocycles. The Kier molecular flexibility index (Phi) is 3.88. The van der Waals surface area contributed by atoms with Gasteiger partial charge in [-0.25, -0.2) is 0 Å². The van der Waals surface area contributed by atoms with Gasteiger partial charge in [0.1, 0.15) is 0 Å². The normalized spacial score (nSPS) is 53.4. The molecule has 8 atom stereocenters. The van der Waals surface area contributed by atoms with Gasteiger partial charge >= 0.3 is 0 Å². The lowest BCUT2D eigenvalue weighted by Crippen LogP contribution is -2.54. The predicted octanol–water partition coefficient (Wildman–Crippen LogP) is 4.21. The molecule has 2 nitrogen and oxygen atoms in total. The van der Waals surface area contributed by atoms with Gasteiger partial charge in [0.2, 0.25) is 5.78 Å². The lowest BCUT2D eigenvalue weighted by Gasteiger charge is -2.60. The molecule has 0 aliphatic heterocycles. The number of hydrogen-bond donors (Lipinski definition) is 1. The minimum atomic E-state index is -0.0717. The minimum absolute atomic E-state index is 0.0548. The number of carbonyl (C=O) groups is 1. The summed E-state index contributed by atoms with van der Waals surface area (Å²) in [5, 5.41) is 10.1. The van der Waals surface area contributed by atoms with Crippen LogP contribution < -0.4 is 0 Å². The Hall–Kier alpha value is -0.810. The van der Waals surface area contributed by atoms with E-state index in [1.165, 1.54) is 38.5 Å². The van der Waals surface area contributed by atoms with Crippen molar-refractivity contribution in [2.24, 2.45) is 40.4 Å². The molecule has 24 heavy (non-hydrogen) atoms. The van der Waals surface area contributed by atoms with E-state index in [0.29, 0.717) is 17.3 Å². The van der Waals surface area contributed by atoms with Gasteiger partial charge in [-0.2, -0.15) is 0 Å². The zero-order valence-corrected chi connectivity index (χ0v) is 15.3. The summed E-state index contributed by atoms with van der Waals surface area (Å²) < 4.78 is 0. The number of Topliss-reactive ketones (excluding diaryl/α,β-unsaturated/α-hetero) is 1. The number of carbonyl (C=O) groups excluding carboxylic acids is 1. The Bertz CT molecular complexity index is 575. The lowest BCUT2D eigenvalue weighted by atomic mass is 9.44. The molecule has 1 N–H and O–H groups in total. The summed E-state index contributed by atoms with van der Waals surface area (Å²) in [7, 11) is 0. The van der Waals surface area contributed by atoms with Crippen molar-refractivity contribution in [2.75, 3.05) is 0 Å². The molecule has 0 aromatic heterocycles. The fourth-order valence-corrected chi connectivity index (χ4v) is 7.77. The second-order valence-corrected chi connectivity index (χ2v) is 9.77. The first kappa shape index (κ1) is 16.6. The van der Waals surface area contributed by atoms with Gasteiger partial charge in [0.05, 0.1) is 6.10 Å². The van der Waals surface area contributed by atoms with E-state index in [1.54, 1.807) is 0 Å². The SMILES string of the molecule is C#CC(=O)[C@H]1CCC2C3CC[C@H]4C[C@H](O)CC[C@]4(C)C3CC[C@@]21C. The largest absolute Gasteiger partial charge is 0.393 e. The molecule has 4 aliphatic carbocycles. The fourth-order valence-electron chi connectivity index (χ4n) is 7.77. The topological polar surface area (TPSA) is 37.3 Å². The van der Waals surface area contributed by atoms with Crippen molar-refractivity contribution in [2.45, 2.75) is 77.7 Å². The van der Waals surface area contributed by atoms with Gasteiger partial charge in [-0.15, -0.1) is 6.42 Å². The standard InChI is InChI=1S/C22H32O2/c1-4-20(24)19-8-7-17-16-6-5-14-13-15(23)9-11-21(14,2)18(16)10-12-22(17,19)3/h1,14-19,23H,5-13H2,2-3H3/t14-,15+,16?,17?,18?,19+,21-,22-/m0/s1. The average Bonchev–Trinajstić information content (AvgIpc) is 2.92. The van der Waals surface area contributed by atoms with Gasteiger partial charge in [0.15, 0.2) is 0 Å². The molecule has 4 rings (SSSR count). The van der Waals surface area contributed by atoms with Crippen LogP contribution in [0.4, 0.5) is 0 Å². The summed E-state index contributed by atoms with van der Waals surface area (Å²) in [5.74, 6) is 5.54. The molecule has 4 aliphatic rings. The third kappa shape index (κ3) is 2.16. The molecule has 2 heteroatoms. The van der Waals surface area contributed by atoms with Crippen LogP contribution >= 0.6 is 0 Å². The maximum atomic E-state index is 12.3. The van der Waals surface area contributed by atoms with Gasteiger partial charge in [0, 0.05) is 5.92 Å². The Balaban J connectivity index is 1.61. The van der Waals surface area contributed by atoms with E-state index >= 15 is 0 Å². The molecule has 3 unspecified atom stereocenters. The second-order valence-electron chi connectivity index (χ2n) is 9.77. The van der Waals surface area contributed by atoms with Crippen molar-refractivity contribution in [3.63, 3.8) is 0 Å². The minimum Gasteiger partial charge on any atom is -0.393 e. The first-order valence-electron chi connectivity index (χ1n) is 10.1. The molecular formula is C22H32O2. The fraction of sp³-hybridized carbons (Fsp3) is 0.864. The number of aliphatic hydroxyl groups excluding tert-OH is 1. The van der Waals surface area contributed by atoms with Gasteiger partial charge < -0.3 is 5.11 Å². The highest BCUT2D eigenvalue weighted by atomic mass is 16.3. The number of hydrogen-bond acceptors (Lipinski definition) is 2. The Morgan fingerprint density at radius 1 is 1.00 bits per heavy atom. The third-order valence-electron chi connectivity index (χ3n) is 9.10. The number of rotatable bonds is 1. The van der Waals surface area contributed by atoms with Crippen molar-refractivity contribution in [1.29, 1.82) is 0 Å². The zero-order chi connectivity index (χ0) is 17.1. The van der Waals surface area contributed by atoms with Crippen LogP contribution in [0.3, 0.4) is 0 Å². The first-order chi connectivity index (χ1) is 11.4. The predicted molar refractivity (Wildman–Crippen MR) is 95.1 cm³/mol. The van der Waals surface area contributed by atoms with Crippen LogP contribution in [0.1, 0.15) is 71.6 Å². The Labute approximate surface area is 146 Å². The maximum Gasteiger partial charge on any atom is 0.208 e. The van der Waals surface area contributed by atoms with Crippen molar-refractivity contribution < 1.29 is 9.90 Å². The molecule has 0 spiro atoms. The number of terminal acetylenes is 1. The van der Waals surface area contributed by atoms with Crippen molar-refractivity contribution >= 4 is 5.78 Å². The molecule has 4 fully saturated rings. The lowest BCUT2D eigenvalue weighted by molar-refractivity contribution is -0.136. The van der Waals surface area contributed by atoms with E-state index in [0.717, 1.165) is 31.1 Å². The van der Waals surface area contributed by atoms with E-state index in [9.17, 15) is 9.90 Å². The smallest absolute Gasteiger partial charge is 0.208 e. The number of fused-ring (bicyclic) bond motifs is 5. The summed E-state index contributed by atoms with van der Waals surface area (Å²) in [6.07, 6.45) is 15.8. The molecule has 0 bridgehead atoms. The van der Waals surface area contributed by atoms with E-state index < -0.39 is 0 Å². The van der Waals surface area contributed by atoms with Crippen molar-refractivity contribution in [3.05, 3.63) is 0 Å². The van der Waals surface area contributed by atoms with E-state index in [1.807, 2.05) is 0 Å². The van der Waals surface area contributed by atoms with E-state index in [4.69, 9.17) is 6.42 Å². The van der Waals surface area contributed by atoms with Gasteiger partial charge in [-0.3, -0.25) is 4.79 Å². The molecule has 0 heterocycles. The highest BCUT2D eigenvalue weighted by Gasteiger charge is 2.60. The zero-order valence-electron chi connectivity index (χ0n) is 15.3. The highest BCUT2D eigenvalue weighted by Crippen LogP contribution is 2.67. The van der Waals surface area contributed by atoms with Gasteiger partial charge in [-0.1, -0.05) is 13.8 Å². The molecule has 0 radical (unpaired) electrons. The molecular weight excluding hydrogens is 296 g/mol. The van der Waals surface area contributed by atoms with Crippen LogP contribution in [0, 0.1) is 52.8 Å². The summed E-state index contributed by atoms with van der Waals surface area (Å²) in [6, 6.07) is 0. The maximum absolute atomic E-state index is 12.3. The summed E-state index contributed by atoms with van der Waals surface area (Å²) in [4.78, 5) is 12.3. The molecule has 132 valence electrons. The van der Waals surface area contributed by atoms with Crippen LogP contribution in [-0.4, -0.2) is 17.0 Å². The quantitative estimate of drug-likeness (QED) is 0.578. The molecule has 0 saturated heterocycles. The molecule has 0 aromatic carbocycles. The average molecular weight is 328 g/mol. The van der Waals surface area contributed by atoms with E-state index in [2.05, 4.69) is 19.8 Å². The third-order valence-corrected chi connectivity index (χ3v) is 9.10. The summed E-state index contributed by atoms with van der Waals surface area (Å²) >= 11 is 0. The van der Waals surface area contributed by atoms with Crippen LogP contribution in [0.2, 0.25) is 0 Å². The molecule has 0 amide bonds. The molecule has 0 aromatic rings. The monoisotopic (exact) mass is 328 g/mol. The van der Waals surface area contributed by atoms with Crippen molar-refractivity contribution in [1.82, 2.24) is 0 Å². The van der Waals surface area contributed by atoms with Crippen LogP contribution in [0.25, 0.3) is 0 Å². The Morgan fingerprint density at radius 2 is 1.71 bits per heavy atom. The van der Waals surface area contributed by atoms with Crippen LogP contribution in [-0.2, 0) is 4.79 Å². The Morgan fingerprint density at radius 3 is 2.46 bits per heavy atom.